The van der Waals surface area contributed by atoms with E-state index in [1.165, 1.54) is 5.56 Å². The molecule has 2 rings (SSSR count). The van der Waals surface area contributed by atoms with Crippen molar-refractivity contribution in [3.05, 3.63) is 47.0 Å². The van der Waals surface area contributed by atoms with Crippen molar-refractivity contribution in [3.8, 4) is 0 Å². The van der Waals surface area contributed by atoms with Crippen LogP contribution in [-0.2, 0) is 15.2 Å². The molecule has 0 aliphatic carbocycles. The molecule has 27 heavy (non-hydrogen) atoms. The van der Waals surface area contributed by atoms with Gasteiger partial charge < -0.3 is 9.47 Å². The van der Waals surface area contributed by atoms with Crippen LogP contribution >= 0.6 is 23.5 Å². The fraction of sp³-hybridized carbons (Fsp3) is 0.571. The Kier molecular flexibility index (Phi) is 8.13. The highest BCUT2D eigenvalue weighted by Crippen LogP contribution is 2.33. The van der Waals surface area contributed by atoms with Crippen molar-refractivity contribution >= 4 is 29.6 Å². The summed E-state index contributed by atoms with van der Waals surface area (Å²) in [5.74, 6) is 3.21. The Balaban J connectivity index is 1.76. The molecule has 0 spiro atoms. The minimum absolute atomic E-state index is 0.352. The second kappa shape index (κ2) is 9.89. The molecule has 1 aliphatic heterocycles. The van der Waals surface area contributed by atoms with Crippen LogP contribution in [0.15, 0.2) is 41.4 Å². The summed E-state index contributed by atoms with van der Waals surface area (Å²) >= 11 is 3.69. The lowest BCUT2D eigenvalue weighted by molar-refractivity contribution is -0.0567. The van der Waals surface area contributed by atoms with Gasteiger partial charge in [0.05, 0.1) is 12.3 Å². The number of ether oxygens (including phenoxy) is 2. The summed E-state index contributed by atoms with van der Waals surface area (Å²) in [6, 6.07) is 10.5. The second-order valence-electron chi connectivity index (χ2n) is 7.92. The van der Waals surface area contributed by atoms with E-state index in [9.17, 15) is 4.79 Å². The van der Waals surface area contributed by atoms with Gasteiger partial charge in [-0.05, 0) is 63.5 Å². The number of hydrogen-bond acceptors (Lipinski definition) is 5. The first-order valence-corrected chi connectivity index (χ1v) is 11.5. The number of carbonyl (C=O) groups is 1. The minimum Gasteiger partial charge on any atom is -0.443 e. The predicted octanol–water partition coefficient (Wildman–Crippen LogP) is 5.89. The first-order chi connectivity index (χ1) is 12.7. The van der Waals surface area contributed by atoms with Crippen LogP contribution in [0, 0.1) is 0 Å². The van der Waals surface area contributed by atoms with E-state index < -0.39 is 11.3 Å². The molecule has 0 N–H and O–H groups in total. The maximum absolute atomic E-state index is 12.6. The zero-order chi connectivity index (χ0) is 19.9. The molecule has 0 unspecified atom stereocenters. The van der Waals surface area contributed by atoms with Gasteiger partial charge in [0.1, 0.15) is 11.3 Å². The average Bonchev–Trinajstić information content (AvgIpc) is 2.88. The van der Waals surface area contributed by atoms with E-state index in [-0.39, 0.29) is 6.09 Å². The van der Waals surface area contributed by atoms with Gasteiger partial charge in [0.2, 0.25) is 0 Å². The van der Waals surface area contributed by atoms with Crippen molar-refractivity contribution in [1.82, 2.24) is 4.90 Å². The van der Waals surface area contributed by atoms with Crippen molar-refractivity contribution in [2.75, 3.05) is 18.1 Å². The van der Waals surface area contributed by atoms with Crippen LogP contribution < -0.4 is 0 Å². The van der Waals surface area contributed by atoms with Crippen molar-refractivity contribution in [2.24, 2.45) is 0 Å². The van der Waals surface area contributed by atoms with Crippen LogP contribution in [0.3, 0.4) is 0 Å². The number of rotatable bonds is 7. The van der Waals surface area contributed by atoms with E-state index >= 15 is 0 Å². The average molecular weight is 410 g/mol. The normalized spacial score (nSPS) is 18.1. The van der Waals surface area contributed by atoms with Crippen LogP contribution in [0.25, 0.3) is 0 Å². The largest absolute Gasteiger partial charge is 0.443 e. The Morgan fingerprint density at radius 2 is 1.96 bits per heavy atom. The van der Waals surface area contributed by atoms with Gasteiger partial charge in [0.25, 0.3) is 0 Å². The van der Waals surface area contributed by atoms with Gasteiger partial charge in [-0.15, -0.1) is 11.8 Å². The molecule has 150 valence electrons. The number of thioether (sulfide) groups is 2. The van der Waals surface area contributed by atoms with Gasteiger partial charge in [-0.2, -0.15) is 11.8 Å². The predicted molar refractivity (Wildman–Crippen MR) is 116 cm³/mol. The number of benzene rings is 1. The fourth-order valence-corrected chi connectivity index (χ4v) is 4.52. The van der Waals surface area contributed by atoms with Crippen molar-refractivity contribution in [2.45, 2.75) is 58.1 Å². The van der Waals surface area contributed by atoms with E-state index in [2.05, 4.69) is 24.3 Å². The first-order valence-electron chi connectivity index (χ1n) is 9.28. The molecule has 1 heterocycles. The summed E-state index contributed by atoms with van der Waals surface area (Å²) < 4.78 is 11.3. The Bertz CT molecular complexity index is 639. The van der Waals surface area contributed by atoms with E-state index in [4.69, 9.17) is 9.47 Å². The van der Waals surface area contributed by atoms with Crippen LogP contribution in [0.1, 0.15) is 46.6 Å². The van der Waals surface area contributed by atoms with Gasteiger partial charge in [-0.25, -0.2) is 9.69 Å². The number of hydrogen-bond donors (Lipinski definition) is 0. The van der Waals surface area contributed by atoms with E-state index in [0.717, 1.165) is 29.4 Å². The number of nitrogens with zero attached hydrogens (tertiary/aromatic N) is 1. The van der Waals surface area contributed by atoms with Crippen molar-refractivity contribution in [3.63, 3.8) is 0 Å². The third kappa shape index (κ3) is 7.43. The molecule has 1 fully saturated rings. The molecule has 0 aromatic heterocycles. The Labute approximate surface area is 172 Å². The first kappa shape index (κ1) is 22.2. The fourth-order valence-electron chi connectivity index (χ4n) is 2.62. The lowest BCUT2D eigenvalue weighted by Gasteiger charge is -2.32. The highest BCUT2D eigenvalue weighted by molar-refractivity contribution is 8.02. The van der Waals surface area contributed by atoms with Crippen LogP contribution in [-0.4, -0.2) is 40.4 Å². The molecular weight excluding hydrogens is 378 g/mol. The van der Waals surface area contributed by atoms with Gasteiger partial charge in [0, 0.05) is 5.75 Å². The minimum atomic E-state index is -0.680. The molecule has 1 aliphatic rings. The number of amides is 1. The van der Waals surface area contributed by atoms with E-state index in [0.29, 0.717) is 6.61 Å². The summed E-state index contributed by atoms with van der Waals surface area (Å²) in [4.78, 5) is 14.2. The molecule has 4 nitrogen and oxygen atoms in total. The van der Waals surface area contributed by atoms with E-state index in [1.54, 1.807) is 16.7 Å². The molecule has 0 saturated carbocycles. The number of carbonyl (C=O) groups excluding carboxylic acids is 1. The van der Waals surface area contributed by atoms with Crippen LogP contribution in [0.5, 0.6) is 0 Å². The summed E-state index contributed by atoms with van der Waals surface area (Å²) in [5, 5.41) is 2.04. The molecule has 1 amide bonds. The third-order valence-electron chi connectivity index (χ3n) is 3.86. The van der Waals surface area contributed by atoms with Crippen molar-refractivity contribution in [1.29, 1.82) is 0 Å². The quantitative estimate of drug-likeness (QED) is 0.525. The molecule has 1 aromatic carbocycles. The standard InChI is InChI=1S/C21H31NO3S2/c1-20(2,3)25-19(23)22-18(14-24-21(22,4)5)16-27-13-9-12-26-15-17-10-7-6-8-11-17/h6-8,10-11,16H,9,12-15H2,1-5H3/b18-16+. The Morgan fingerprint density at radius 3 is 2.63 bits per heavy atom. The lowest BCUT2D eigenvalue weighted by Crippen LogP contribution is -2.45. The maximum atomic E-state index is 12.6. The zero-order valence-corrected chi connectivity index (χ0v) is 18.6. The highest BCUT2D eigenvalue weighted by Gasteiger charge is 2.42. The Hall–Kier alpha value is -1.11. The topological polar surface area (TPSA) is 38.8 Å². The SMILES string of the molecule is CC(C)(C)OC(=O)N1/C(=C/SCCCSCc2ccccc2)COC1(C)C. The maximum Gasteiger partial charge on any atom is 0.416 e. The van der Waals surface area contributed by atoms with Gasteiger partial charge >= 0.3 is 6.09 Å². The lowest BCUT2D eigenvalue weighted by atomic mass is 10.2. The Morgan fingerprint density at radius 1 is 1.26 bits per heavy atom. The molecule has 0 bridgehead atoms. The molecule has 6 heteroatoms. The summed E-state index contributed by atoms with van der Waals surface area (Å²) in [6.07, 6.45) is 0.776. The highest BCUT2D eigenvalue weighted by atomic mass is 32.2. The summed E-state index contributed by atoms with van der Waals surface area (Å²) in [5.41, 5.74) is 1.04. The zero-order valence-electron chi connectivity index (χ0n) is 17.0. The van der Waals surface area contributed by atoms with E-state index in [1.807, 2.05) is 57.9 Å². The van der Waals surface area contributed by atoms with Gasteiger partial charge in [0.15, 0.2) is 0 Å². The van der Waals surface area contributed by atoms with Gasteiger partial charge in [-0.1, -0.05) is 30.3 Å². The van der Waals surface area contributed by atoms with Crippen molar-refractivity contribution < 1.29 is 14.3 Å². The van der Waals surface area contributed by atoms with Gasteiger partial charge in [-0.3, -0.25) is 0 Å². The molecular formula is C21H31NO3S2. The summed E-state index contributed by atoms with van der Waals surface area (Å²) in [7, 11) is 0. The second-order valence-corrected chi connectivity index (χ2v) is 10.0. The molecule has 0 radical (unpaired) electrons. The van der Waals surface area contributed by atoms with Crippen LogP contribution in [0.2, 0.25) is 0 Å². The molecule has 0 atom stereocenters. The monoisotopic (exact) mass is 409 g/mol. The van der Waals surface area contributed by atoms with Crippen LogP contribution in [0.4, 0.5) is 4.79 Å². The third-order valence-corrected chi connectivity index (χ3v) is 5.93. The smallest absolute Gasteiger partial charge is 0.416 e. The molecule has 1 aromatic rings. The molecule has 1 saturated heterocycles. The summed E-state index contributed by atoms with van der Waals surface area (Å²) in [6.45, 7) is 9.84.